The normalized spacial score (nSPS) is 13.7. The molecule has 0 unspecified atom stereocenters. The van der Waals surface area contributed by atoms with Crippen molar-refractivity contribution in [2.24, 2.45) is 0 Å². The fraction of sp³-hybridized carbons (Fsp3) is 0.375. The van der Waals surface area contributed by atoms with E-state index in [9.17, 15) is 9.59 Å². The number of hydrogen-bond donors (Lipinski definition) is 2. The summed E-state index contributed by atoms with van der Waals surface area (Å²) in [5.41, 5.74) is 2.08. The van der Waals surface area contributed by atoms with E-state index in [1.54, 1.807) is 17.4 Å². The van der Waals surface area contributed by atoms with Crippen molar-refractivity contribution < 1.29 is 4.79 Å². The van der Waals surface area contributed by atoms with E-state index in [1.807, 2.05) is 17.5 Å². The molecule has 5 heteroatoms. The fourth-order valence-electron chi connectivity index (χ4n) is 2.69. The zero-order valence-electron chi connectivity index (χ0n) is 11.8. The lowest BCUT2D eigenvalue weighted by Gasteiger charge is -2.15. The predicted molar refractivity (Wildman–Crippen MR) is 84.1 cm³/mol. The maximum atomic E-state index is 12.2. The number of fused-ring (bicyclic) bond motifs is 1. The Morgan fingerprint density at radius 3 is 3.00 bits per heavy atom. The Morgan fingerprint density at radius 2 is 2.19 bits per heavy atom. The molecule has 2 heterocycles. The van der Waals surface area contributed by atoms with Crippen LogP contribution in [0.25, 0.3) is 0 Å². The highest BCUT2D eigenvalue weighted by Gasteiger charge is 2.16. The van der Waals surface area contributed by atoms with Crippen LogP contribution in [0.4, 0.5) is 0 Å². The first-order valence-electron chi connectivity index (χ1n) is 7.29. The predicted octanol–water partition coefficient (Wildman–Crippen LogP) is 2.29. The van der Waals surface area contributed by atoms with Crippen LogP contribution in [0.15, 0.2) is 28.4 Å². The van der Waals surface area contributed by atoms with E-state index in [-0.39, 0.29) is 17.0 Å². The number of amides is 1. The number of carbonyl (C=O) groups excluding carboxylic acids is 1. The van der Waals surface area contributed by atoms with Gasteiger partial charge in [0.1, 0.15) is 5.56 Å². The van der Waals surface area contributed by atoms with Crippen molar-refractivity contribution in [1.29, 1.82) is 0 Å². The Balaban J connectivity index is 1.68. The summed E-state index contributed by atoms with van der Waals surface area (Å²) in [4.78, 5) is 28.3. The molecule has 0 aromatic carbocycles. The molecule has 2 aromatic rings. The van der Waals surface area contributed by atoms with E-state index in [2.05, 4.69) is 10.3 Å². The van der Waals surface area contributed by atoms with Gasteiger partial charge in [-0.2, -0.15) is 0 Å². The average Bonchev–Trinajstić information content (AvgIpc) is 2.99. The van der Waals surface area contributed by atoms with Crippen molar-refractivity contribution in [3.05, 3.63) is 55.6 Å². The first-order chi connectivity index (χ1) is 10.2. The third-order valence-electron chi connectivity index (χ3n) is 3.82. The second kappa shape index (κ2) is 6.26. The van der Waals surface area contributed by atoms with Crippen LogP contribution in [0, 0.1) is 0 Å². The van der Waals surface area contributed by atoms with Crippen molar-refractivity contribution in [3.8, 4) is 0 Å². The van der Waals surface area contributed by atoms with Crippen molar-refractivity contribution in [1.82, 2.24) is 10.3 Å². The molecule has 1 aliphatic carbocycles. The molecule has 0 fully saturated rings. The molecule has 0 aliphatic heterocycles. The standard InChI is InChI=1S/C16H18N2O2S/c19-15(17-8-7-12-5-3-9-21-12)13-10-11-4-1-2-6-14(11)18-16(13)20/h3,5,9-10H,1-2,4,6-8H2,(H,17,19)(H,18,20). The average molecular weight is 302 g/mol. The molecule has 0 bridgehead atoms. The minimum absolute atomic E-state index is 0.238. The molecule has 110 valence electrons. The number of H-pyrrole nitrogens is 1. The van der Waals surface area contributed by atoms with Gasteiger partial charge in [-0.1, -0.05) is 6.07 Å². The van der Waals surface area contributed by atoms with E-state index in [0.29, 0.717) is 6.54 Å². The van der Waals surface area contributed by atoms with Crippen LogP contribution < -0.4 is 10.9 Å². The van der Waals surface area contributed by atoms with Crippen LogP contribution in [0.3, 0.4) is 0 Å². The number of hydrogen-bond acceptors (Lipinski definition) is 3. The van der Waals surface area contributed by atoms with E-state index in [1.165, 1.54) is 4.88 Å². The molecule has 2 N–H and O–H groups in total. The SMILES string of the molecule is O=C(NCCc1cccs1)c1cc2c([nH]c1=O)CCCC2. The largest absolute Gasteiger partial charge is 0.352 e. The third kappa shape index (κ3) is 3.24. The third-order valence-corrected chi connectivity index (χ3v) is 4.76. The van der Waals surface area contributed by atoms with Crippen molar-refractivity contribution >= 4 is 17.2 Å². The molecule has 0 spiro atoms. The summed E-state index contributed by atoms with van der Waals surface area (Å²) in [7, 11) is 0. The molecule has 1 aliphatic rings. The molecule has 0 saturated carbocycles. The number of aromatic nitrogens is 1. The van der Waals surface area contributed by atoms with Gasteiger partial charge in [-0.3, -0.25) is 9.59 Å². The van der Waals surface area contributed by atoms with Gasteiger partial charge in [-0.15, -0.1) is 11.3 Å². The van der Waals surface area contributed by atoms with Crippen molar-refractivity contribution in [2.45, 2.75) is 32.1 Å². The zero-order valence-corrected chi connectivity index (χ0v) is 12.6. The number of aryl methyl sites for hydroxylation is 2. The Hall–Kier alpha value is -1.88. The number of aromatic amines is 1. The van der Waals surface area contributed by atoms with E-state index >= 15 is 0 Å². The summed E-state index contributed by atoms with van der Waals surface area (Å²) in [5, 5.41) is 4.85. The molecule has 4 nitrogen and oxygen atoms in total. The van der Waals surface area contributed by atoms with E-state index in [4.69, 9.17) is 0 Å². The number of rotatable bonds is 4. The topological polar surface area (TPSA) is 62.0 Å². The lowest BCUT2D eigenvalue weighted by molar-refractivity contribution is 0.0952. The highest BCUT2D eigenvalue weighted by Crippen LogP contribution is 2.18. The Morgan fingerprint density at radius 1 is 1.33 bits per heavy atom. The second-order valence-corrected chi connectivity index (χ2v) is 6.34. The molecular formula is C16H18N2O2S. The second-order valence-electron chi connectivity index (χ2n) is 5.31. The first-order valence-corrected chi connectivity index (χ1v) is 8.17. The number of thiophene rings is 1. The van der Waals surface area contributed by atoms with Gasteiger partial charge >= 0.3 is 0 Å². The van der Waals surface area contributed by atoms with Crippen molar-refractivity contribution in [3.63, 3.8) is 0 Å². The maximum Gasteiger partial charge on any atom is 0.261 e. The summed E-state index contributed by atoms with van der Waals surface area (Å²) in [6, 6.07) is 5.81. The van der Waals surface area contributed by atoms with Gasteiger partial charge < -0.3 is 10.3 Å². The summed E-state index contributed by atoms with van der Waals surface area (Å²) < 4.78 is 0. The lowest BCUT2D eigenvalue weighted by Crippen LogP contribution is -2.32. The Bertz CT molecular complexity index is 689. The first kappa shape index (κ1) is 14.1. The fourth-order valence-corrected chi connectivity index (χ4v) is 3.40. The number of nitrogens with one attached hydrogen (secondary N) is 2. The van der Waals surface area contributed by atoms with Crippen molar-refractivity contribution in [2.75, 3.05) is 6.54 Å². The maximum absolute atomic E-state index is 12.2. The van der Waals surface area contributed by atoms with Crippen LogP contribution in [-0.4, -0.2) is 17.4 Å². The highest BCUT2D eigenvalue weighted by molar-refractivity contribution is 7.09. The highest BCUT2D eigenvalue weighted by atomic mass is 32.1. The quantitative estimate of drug-likeness (QED) is 0.910. The molecule has 1 amide bonds. The summed E-state index contributed by atoms with van der Waals surface area (Å²) in [5.74, 6) is -0.277. The molecule has 2 aromatic heterocycles. The molecule has 3 rings (SSSR count). The van der Waals surface area contributed by atoms with E-state index in [0.717, 1.165) is 43.4 Å². The van der Waals surface area contributed by atoms with Crippen LogP contribution >= 0.6 is 11.3 Å². The monoisotopic (exact) mass is 302 g/mol. The van der Waals surface area contributed by atoms with Gasteiger partial charge in [0.2, 0.25) is 0 Å². The number of carbonyl (C=O) groups is 1. The lowest BCUT2D eigenvalue weighted by atomic mass is 9.95. The minimum Gasteiger partial charge on any atom is -0.352 e. The molecular weight excluding hydrogens is 284 g/mol. The summed E-state index contributed by atoms with van der Waals surface area (Å²) >= 11 is 1.67. The van der Waals surface area contributed by atoms with Gasteiger partial charge in [0.15, 0.2) is 0 Å². The van der Waals surface area contributed by atoms with Gasteiger partial charge in [-0.25, -0.2) is 0 Å². The zero-order chi connectivity index (χ0) is 14.7. The van der Waals surface area contributed by atoms with Gasteiger partial charge in [-0.05, 0) is 55.2 Å². The Labute approximate surface area is 127 Å². The number of pyridine rings is 1. The summed E-state index contributed by atoms with van der Waals surface area (Å²) in [6.07, 6.45) is 4.88. The minimum atomic E-state index is -0.277. The van der Waals surface area contributed by atoms with Crippen LogP contribution in [0.2, 0.25) is 0 Å². The van der Waals surface area contributed by atoms with Crippen LogP contribution in [-0.2, 0) is 19.3 Å². The summed E-state index contributed by atoms with van der Waals surface area (Å²) in [6.45, 7) is 0.551. The molecule has 0 saturated heterocycles. The molecule has 21 heavy (non-hydrogen) atoms. The van der Waals surface area contributed by atoms with Crippen LogP contribution in [0.1, 0.15) is 39.3 Å². The van der Waals surface area contributed by atoms with Gasteiger partial charge in [0.05, 0.1) is 0 Å². The van der Waals surface area contributed by atoms with Crippen LogP contribution in [0.5, 0.6) is 0 Å². The van der Waals surface area contributed by atoms with Gasteiger partial charge in [0.25, 0.3) is 11.5 Å². The van der Waals surface area contributed by atoms with E-state index < -0.39 is 0 Å². The Kier molecular flexibility index (Phi) is 4.20. The van der Waals surface area contributed by atoms with Gasteiger partial charge in [0, 0.05) is 17.1 Å². The molecule has 0 atom stereocenters. The smallest absolute Gasteiger partial charge is 0.261 e. The molecule has 0 radical (unpaired) electrons.